The molecule has 2 fully saturated rings. The molecule has 0 spiro atoms. The molecule has 4 heteroatoms. The van der Waals surface area contributed by atoms with Crippen LogP contribution in [0.2, 0.25) is 0 Å². The molecule has 1 heterocycles. The van der Waals surface area contributed by atoms with Crippen LogP contribution in [0.25, 0.3) is 0 Å². The Balaban J connectivity index is 1.67. The van der Waals surface area contributed by atoms with Gasteiger partial charge in [-0.25, -0.2) is 0 Å². The summed E-state index contributed by atoms with van der Waals surface area (Å²) >= 11 is 6.12. The van der Waals surface area contributed by atoms with E-state index in [-0.39, 0.29) is 11.8 Å². The van der Waals surface area contributed by atoms with Crippen molar-refractivity contribution in [3.8, 4) is 0 Å². The molecule has 1 saturated carbocycles. The Bertz CT molecular complexity index is 241. The second-order valence-electron chi connectivity index (χ2n) is 4.94. The number of halogens is 1. The number of nitrogens with one attached hydrogen (secondary N) is 1. The molecule has 2 aliphatic rings. The Kier molecular flexibility index (Phi) is 4.47. The van der Waals surface area contributed by atoms with Crippen LogP contribution in [0.1, 0.15) is 32.1 Å². The summed E-state index contributed by atoms with van der Waals surface area (Å²) in [5.74, 6) is 0.812. The molecule has 0 aromatic heterocycles. The van der Waals surface area contributed by atoms with Crippen LogP contribution >= 0.6 is 11.6 Å². The molecular formula is C12H20ClNO2. The summed E-state index contributed by atoms with van der Waals surface area (Å²) in [4.78, 5) is 11.7. The second kappa shape index (κ2) is 5.87. The molecule has 2 rings (SSSR count). The van der Waals surface area contributed by atoms with Gasteiger partial charge in [0, 0.05) is 18.5 Å². The van der Waals surface area contributed by atoms with Crippen molar-refractivity contribution in [1.29, 1.82) is 0 Å². The quantitative estimate of drug-likeness (QED) is 0.772. The smallest absolute Gasteiger partial charge is 0.225 e. The Morgan fingerprint density at radius 2 is 2.25 bits per heavy atom. The minimum Gasteiger partial charge on any atom is -0.381 e. The van der Waals surface area contributed by atoms with E-state index < -0.39 is 0 Å². The molecule has 16 heavy (non-hydrogen) atoms. The highest BCUT2D eigenvalue weighted by atomic mass is 35.5. The summed E-state index contributed by atoms with van der Waals surface area (Å²) in [6.07, 6.45) is 5.44. The number of carbonyl (C=O) groups excluding carboxylic acids is 1. The minimum atomic E-state index is 0.0791. The predicted octanol–water partition coefficient (Wildman–Crippen LogP) is 1.94. The van der Waals surface area contributed by atoms with Crippen molar-refractivity contribution in [3.63, 3.8) is 0 Å². The van der Waals surface area contributed by atoms with Gasteiger partial charge in [0.2, 0.25) is 5.91 Å². The summed E-state index contributed by atoms with van der Waals surface area (Å²) in [5, 5.41) is 3.35. The van der Waals surface area contributed by atoms with Crippen LogP contribution in [0, 0.1) is 11.8 Å². The van der Waals surface area contributed by atoms with Crippen LogP contribution in [-0.2, 0) is 9.53 Å². The van der Waals surface area contributed by atoms with E-state index in [1.807, 2.05) is 0 Å². The van der Waals surface area contributed by atoms with E-state index in [0.717, 1.165) is 32.4 Å². The van der Waals surface area contributed by atoms with Crippen molar-refractivity contribution in [2.24, 2.45) is 11.8 Å². The maximum absolute atomic E-state index is 11.7. The van der Waals surface area contributed by atoms with Crippen molar-refractivity contribution in [3.05, 3.63) is 0 Å². The number of hydrogen-bond donors (Lipinski definition) is 1. The lowest BCUT2D eigenvalue weighted by molar-refractivity contribution is -0.125. The number of amides is 1. The first-order chi connectivity index (χ1) is 7.75. The van der Waals surface area contributed by atoms with Crippen molar-refractivity contribution in [2.75, 3.05) is 19.8 Å². The molecule has 3 unspecified atom stereocenters. The van der Waals surface area contributed by atoms with E-state index >= 15 is 0 Å². The van der Waals surface area contributed by atoms with Crippen LogP contribution in [0.5, 0.6) is 0 Å². The van der Waals surface area contributed by atoms with E-state index in [0.29, 0.717) is 17.9 Å². The zero-order chi connectivity index (χ0) is 11.4. The van der Waals surface area contributed by atoms with E-state index in [1.165, 1.54) is 12.8 Å². The maximum atomic E-state index is 11.7. The van der Waals surface area contributed by atoms with Crippen molar-refractivity contribution in [2.45, 2.75) is 37.5 Å². The van der Waals surface area contributed by atoms with Crippen LogP contribution in [0.15, 0.2) is 0 Å². The molecule has 1 N–H and O–H groups in total. The first-order valence-corrected chi connectivity index (χ1v) is 6.69. The highest BCUT2D eigenvalue weighted by Gasteiger charge is 2.25. The second-order valence-corrected chi connectivity index (χ2v) is 5.55. The van der Waals surface area contributed by atoms with Gasteiger partial charge < -0.3 is 10.1 Å². The number of hydrogen-bond acceptors (Lipinski definition) is 2. The Morgan fingerprint density at radius 3 is 2.94 bits per heavy atom. The summed E-state index contributed by atoms with van der Waals surface area (Å²) in [6, 6.07) is 0. The highest BCUT2D eigenvalue weighted by Crippen LogP contribution is 2.27. The van der Waals surface area contributed by atoms with Crippen LogP contribution in [0.3, 0.4) is 0 Å². The van der Waals surface area contributed by atoms with Crippen LogP contribution in [0.4, 0.5) is 0 Å². The number of rotatable bonds is 3. The molecule has 92 valence electrons. The Hall–Kier alpha value is -0.280. The fourth-order valence-electron chi connectivity index (χ4n) is 2.54. The van der Waals surface area contributed by atoms with Crippen molar-refractivity contribution in [1.82, 2.24) is 5.32 Å². The zero-order valence-corrected chi connectivity index (χ0v) is 10.3. The first kappa shape index (κ1) is 12.2. The predicted molar refractivity (Wildman–Crippen MR) is 63.5 cm³/mol. The molecule has 1 saturated heterocycles. The maximum Gasteiger partial charge on any atom is 0.225 e. The van der Waals surface area contributed by atoms with Crippen molar-refractivity contribution < 1.29 is 9.53 Å². The topological polar surface area (TPSA) is 38.3 Å². The molecule has 3 nitrogen and oxygen atoms in total. The molecular weight excluding hydrogens is 226 g/mol. The van der Waals surface area contributed by atoms with Gasteiger partial charge in [0.25, 0.3) is 0 Å². The molecule has 0 radical (unpaired) electrons. The van der Waals surface area contributed by atoms with E-state index in [9.17, 15) is 4.79 Å². The van der Waals surface area contributed by atoms with Crippen LogP contribution in [-0.4, -0.2) is 31.0 Å². The summed E-state index contributed by atoms with van der Waals surface area (Å²) in [5.41, 5.74) is 0. The summed E-state index contributed by atoms with van der Waals surface area (Å²) < 4.78 is 5.21. The largest absolute Gasteiger partial charge is 0.381 e. The molecule has 3 atom stereocenters. The third-order valence-electron chi connectivity index (χ3n) is 3.58. The van der Waals surface area contributed by atoms with Gasteiger partial charge in [0.1, 0.15) is 0 Å². The van der Waals surface area contributed by atoms with Gasteiger partial charge in [0.05, 0.1) is 12.5 Å². The normalized spacial score (nSPS) is 34.9. The van der Waals surface area contributed by atoms with Gasteiger partial charge in [-0.15, -0.1) is 11.6 Å². The number of carbonyl (C=O) groups is 1. The highest BCUT2D eigenvalue weighted by molar-refractivity contribution is 6.20. The van der Waals surface area contributed by atoms with Gasteiger partial charge in [-0.2, -0.15) is 0 Å². The van der Waals surface area contributed by atoms with Crippen molar-refractivity contribution >= 4 is 17.5 Å². The van der Waals surface area contributed by atoms with Gasteiger partial charge in [0.15, 0.2) is 0 Å². The standard InChI is InChI=1S/C12H20ClNO2/c13-11-3-1-2-9(6-11)7-14-12(15)10-4-5-16-8-10/h9-11H,1-8H2,(H,14,15). The fourth-order valence-corrected chi connectivity index (χ4v) is 2.95. The average Bonchev–Trinajstić information content (AvgIpc) is 2.79. The third-order valence-corrected chi connectivity index (χ3v) is 3.98. The fraction of sp³-hybridized carbons (Fsp3) is 0.917. The number of alkyl halides is 1. The van der Waals surface area contributed by atoms with E-state index in [1.54, 1.807) is 0 Å². The van der Waals surface area contributed by atoms with E-state index in [2.05, 4.69) is 5.32 Å². The Labute approximate surface area is 102 Å². The third kappa shape index (κ3) is 3.36. The van der Waals surface area contributed by atoms with Gasteiger partial charge in [-0.3, -0.25) is 4.79 Å². The first-order valence-electron chi connectivity index (χ1n) is 6.25. The van der Waals surface area contributed by atoms with E-state index in [4.69, 9.17) is 16.3 Å². The van der Waals surface area contributed by atoms with Gasteiger partial charge in [-0.05, 0) is 31.6 Å². The molecule has 0 aromatic carbocycles. The lowest BCUT2D eigenvalue weighted by Crippen LogP contribution is -2.36. The number of ether oxygens (including phenoxy) is 1. The Morgan fingerprint density at radius 1 is 1.38 bits per heavy atom. The van der Waals surface area contributed by atoms with Crippen LogP contribution < -0.4 is 5.32 Å². The zero-order valence-electron chi connectivity index (χ0n) is 9.58. The summed E-state index contributed by atoms with van der Waals surface area (Å²) in [7, 11) is 0. The lowest BCUT2D eigenvalue weighted by atomic mass is 9.89. The lowest BCUT2D eigenvalue weighted by Gasteiger charge is -2.25. The molecule has 1 aliphatic heterocycles. The summed E-state index contributed by atoms with van der Waals surface area (Å²) in [6.45, 7) is 2.11. The molecule has 1 aliphatic carbocycles. The molecule has 0 aromatic rings. The van der Waals surface area contributed by atoms with Gasteiger partial charge in [-0.1, -0.05) is 6.42 Å². The average molecular weight is 246 g/mol. The molecule has 0 bridgehead atoms. The monoisotopic (exact) mass is 245 g/mol. The molecule has 1 amide bonds. The van der Waals surface area contributed by atoms with Gasteiger partial charge >= 0.3 is 0 Å². The minimum absolute atomic E-state index is 0.0791. The SMILES string of the molecule is O=C(NCC1CCCC(Cl)C1)C1CCOC1.